The first kappa shape index (κ1) is 21.5. The first-order chi connectivity index (χ1) is 14.3. The van der Waals surface area contributed by atoms with Crippen molar-refractivity contribution in [2.45, 2.75) is 31.3 Å². The number of aromatic nitrogens is 2. The fraction of sp³-hybridized carbons (Fsp3) is 0.182. The van der Waals surface area contributed by atoms with Crippen LogP contribution in [-0.2, 0) is 21.4 Å². The molecule has 0 saturated carbocycles. The zero-order valence-corrected chi connectivity index (χ0v) is 17.6. The summed E-state index contributed by atoms with van der Waals surface area (Å²) in [4.78, 5) is 12.3. The van der Waals surface area contributed by atoms with Crippen LogP contribution in [-0.4, -0.2) is 30.1 Å². The molecule has 0 radical (unpaired) electrons. The molecule has 0 saturated heterocycles. The molecule has 0 bridgehead atoms. The maximum Gasteiger partial charge on any atom is 0.244 e. The summed E-state index contributed by atoms with van der Waals surface area (Å²) in [6.45, 7) is 3.93. The molecule has 7 nitrogen and oxygen atoms in total. The zero-order chi connectivity index (χ0) is 21.6. The van der Waals surface area contributed by atoms with E-state index in [-0.39, 0.29) is 16.8 Å². The summed E-state index contributed by atoms with van der Waals surface area (Å²) in [7, 11) is -3.52. The number of hydrogen-bond donors (Lipinski definition) is 2. The Morgan fingerprint density at radius 3 is 2.40 bits per heavy atom. The monoisotopic (exact) mass is 424 g/mol. The third kappa shape index (κ3) is 5.88. The van der Waals surface area contributed by atoms with E-state index < -0.39 is 10.0 Å². The second-order valence-corrected chi connectivity index (χ2v) is 8.73. The predicted octanol–water partition coefficient (Wildman–Crippen LogP) is 2.89. The summed E-state index contributed by atoms with van der Waals surface area (Å²) in [6, 6.07) is 15.8. The molecule has 156 valence electrons. The molecule has 0 unspecified atom stereocenters. The van der Waals surface area contributed by atoms with Crippen LogP contribution in [0.1, 0.15) is 25.0 Å². The van der Waals surface area contributed by atoms with Crippen LogP contribution in [0.15, 0.2) is 78.0 Å². The number of nitrogens with one attached hydrogen (secondary N) is 2. The number of carbonyl (C=O) groups excluding carboxylic acids is 1. The molecule has 1 heterocycles. The highest BCUT2D eigenvalue weighted by Crippen LogP contribution is 2.12. The van der Waals surface area contributed by atoms with Gasteiger partial charge < -0.3 is 5.32 Å². The third-order valence-corrected chi connectivity index (χ3v) is 5.85. The van der Waals surface area contributed by atoms with Crippen molar-refractivity contribution in [2.24, 2.45) is 0 Å². The van der Waals surface area contributed by atoms with E-state index in [1.807, 2.05) is 36.5 Å². The van der Waals surface area contributed by atoms with Crippen molar-refractivity contribution in [1.82, 2.24) is 19.8 Å². The summed E-state index contributed by atoms with van der Waals surface area (Å²) in [6.07, 6.45) is 6.65. The lowest BCUT2D eigenvalue weighted by Crippen LogP contribution is -2.30. The molecule has 3 aromatic rings. The molecule has 0 aliphatic carbocycles. The summed E-state index contributed by atoms with van der Waals surface area (Å²) < 4.78 is 28.6. The summed E-state index contributed by atoms with van der Waals surface area (Å²) in [5.41, 5.74) is 2.65. The molecule has 0 aliphatic heterocycles. The van der Waals surface area contributed by atoms with Gasteiger partial charge >= 0.3 is 0 Å². The van der Waals surface area contributed by atoms with Crippen molar-refractivity contribution >= 4 is 22.0 Å². The molecule has 3 rings (SSSR count). The predicted molar refractivity (Wildman–Crippen MR) is 116 cm³/mol. The largest absolute Gasteiger partial charge is 0.348 e. The molecular weight excluding hydrogens is 400 g/mol. The topological polar surface area (TPSA) is 93.1 Å². The second-order valence-electron chi connectivity index (χ2n) is 7.01. The normalized spacial score (nSPS) is 11.8. The number of nitrogens with zero attached hydrogens (tertiary/aromatic N) is 2. The van der Waals surface area contributed by atoms with Gasteiger partial charge in [-0.3, -0.25) is 4.79 Å². The Kier molecular flexibility index (Phi) is 6.81. The Morgan fingerprint density at radius 2 is 1.80 bits per heavy atom. The van der Waals surface area contributed by atoms with Crippen LogP contribution in [0.4, 0.5) is 0 Å². The first-order valence-electron chi connectivity index (χ1n) is 9.51. The molecular formula is C22H24N4O3S. The number of benzene rings is 2. The smallest absolute Gasteiger partial charge is 0.244 e. The molecule has 8 heteroatoms. The van der Waals surface area contributed by atoms with Crippen LogP contribution in [0.5, 0.6) is 0 Å². The van der Waals surface area contributed by atoms with Gasteiger partial charge in [0.15, 0.2) is 0 Å². The van der Waals surface area contributed by atoms with Gasteiger partial charge in [0.25, 0.3) is 0 Å². The Balaban J connectivity index is 1.53. The van der Waals surface area contributed by atoms with Crippen LogP contribution in [0, 0.1) is 0 Å². The van der Waals surface area contributed by atoms with E-state index in [1.165, 1.54) is 18.2 Å². The van der Waals surface area contributed by atoms with E-state index in [9.17, 15) is 13.2 Å². The van der Waals surface area contributed by atoms with Crippen LogP contribution < -0.4 is 10.0 Å². The molecule has 1 amide bonds. The lowest BCUT2D eigenvalue weighted by Gasteiger charge is -2.09. The third-order valence-electron chi connectivity index (χ3n) is 4.18. The molecule has 0 atom stereocenters. The van der Waals surface area contributed by atoms with Gasteiger partial charge in [-0.05, 0) is 61.4 Å². The number of amides is 1. The number of hydrogen-bond acceptors (Lipinski definition) is 4. The highest BCUT2D eigenvalue weighted by molar-refractivity contribution is 7.89. The van der Waals surface area contributed by atoms with Crippen molar-refractivity contribution in [3.05, 3.63) is 84.2 Å². The van der Waals surface area contributed by atoms with Crippen molar-refractivity contribution in [3.8, 4) is 5.69 Å². The van der Waals surface area contributed by atoms with Gasteiger partial charge in [0.2, 0.25) is 15.9 Å². The summed E-state index contributed by atoms with van der Waals surface area (Å²) in [5, 5.41) is 7.00. The van der Waals surface area contributed by atoms with Crippen molar-refractivity contribution in [3.63, 3.8) is 0 Å². The molecule has 0 aliphatic rings. The Bertz CT molecular complexity index is 1100. The van der Waals surface area contributed by atoms with Crippen LogP contribution in [0.3, 0.4) is 0 Å². The minimum atomic E-state index is -3.52. The maximum atomic E-state index is 12.1. The highest BCUT2D eigenvalue weighted by atomic mass is 32.2. The quantitative estimate of drug-likeness (QED) is 0.544. The van der Waals surface area contributed by atoms with Gasteiger partial charge in [-0.25, -0.2) is 17.8 Å². The van der Waals surface area contributed by atoms with Gasteiger partial charge in [-0.2, -0.15) is 5.10 Å². The minimum Gasteiger partial charge on any atom is -0.348 e. The summed E-state index contributed by atoms with van der Waals surface area (Å²) >= 11 is 0. The van der Waals surface area contributed by atoms with Crippen LogP contribution in [0.2, 0.25) is 0 Å². The lowest BCUT2D eigenvalue weighted by atomic mass is 10.2. The van der Waals surface area contributed by atoms with Crippen molar-refractivity contribution < 1.29 is 13.2 Å². The molecule has 2 N–H and O–H groups in total. The van der Waals surface area contributed by atoms with Gasteiger partial charge in [-0.1, -0.05) is 24.3 Å². The SMILES string of the molecule is CC(C)NS(=O)(=O)c1ccc(/C=C/C(=O)NCc2ccc(-n3cccn3)cc2)cc1. The average molecular weight is 425 g/mol. The van der Waals surface area contributed by atoms with E-state index >= 15 is 0 Å². The lowest BCUT2D eigenvalue weighted by molar-refractivity contribution is -0.116. The zero-order valence-electron chi connectivity index (χ0n) is 16.8. The van der Waals surface area contributed by atoms with Gasteiger partial charge in [-0.15, -0.1) is 0 Å². The fourth-order valence-electron chi connectivity index (χ4n) is 2.74. The molecule has 0 fully saturated rings. The molecule has 1 aromatic heterocycles. The molecule has 30 heavy (non-hydrogen) atoms. The molecule has 2 aromatic carbocycles. The standard InChI is InChI=1S/C22H24N4O3S/c1-17(2)25-30(28,29)21-11-6-18(7-12-21)8-13-22(27)23-16-19-4-9-20(10-5-19)26-15-3-14-24-26/h3-15,17,25H,16H2,1-2H3,(H,23,27)/b13-8+. The van der Waals surface area contributed by atoms with Crippen molar-refractivity contribution in [2.75, 3.05) is 0 Å². The van der Waals surface area contributed by atoms with Gasteiger partial charge in [0.05, 0.1) is 10.6 Å². The number of sulfonamides is 1. The average Bonchev–Trinajstić information content (AvgIpc) is 3.25. The van der Waals surface area contributed by atoms with Gasteiger partial charge in [0, 0.05) is 31.1 Å². The van der Waals surface area contributed by atoms with E-state index in [0.717, 1.165) is 16.8 Å². The summed E-state index contributed by atoms with van der Waals surface area (Å²) in [5.74, 6) is -0.232. The Labute approximate surface area is 176 Å². The number of carbonyl (C=O) groups is 1. The Hall–Kier alpha value is -3.23. The van der Waals surface area contributed by atoms with Crippen molar-refractivity contribution in [1.29, 1.82) is 0 Å². The van der Waals surface area contributed by atoms with Crippen LogP contribution in [0.25, 0.3) is 11.8 Å². The molecule has 0 spiro atoms. The van der Waals surface area contributed by atoms with Gasteiger partial charge in [0.1, 0.15) is 0 Å². The minimum absolute atomic E-state index is 0.181. The number of rotatable bonds is 8. The van der Waals surface area contributed by atoms with E-state index in [0.29, 0.717) is 6.54 Å². The maximum absolute atomic E-state index is 12.1. The second kappa shape index (κ2) is 9.51. The fourth-order valence-corrected chi connectivity index (χ4v) is 4.00. The van der Waals surface area contributed by atoms with E-state index in [4.69, 9.17) is 0 Å². The highest BCUT2D eigenvalue weighted by Gasteiger charge is 2.14. The van der Waals surface area contributed by atoms with E-state index in [1.54, 1.807) is 42.9 Å². The van der Waals surface area contributed by atoms with Crippen LogP contribution >= 0.6 is 0 Å². The van der Waals surface area contributed by atoms with E-state index in [2.05, 4.69) is 15.1 Å². The first-order valence-corrected chi connectivity index (χ1v) is 11.0. The Morgan fingerprint density at radius 1 is 1.10 bits per heavy atom.